The fourth-order valence-corrected chi connectivity index (χ4v) is 3.78. The topological polar surface area (TPSA) is 51.0 Å². The highest BCUT2D eigenvalue weighted by molar-refractivity contribution is 7.99. The van der Waals surface area contributed by atoms with Gasteiger partial charge in [-0.2, -0.15) is 0 Å². The van der Waals surface area contributed by atoms with Crippen molar-refractivity contribution < 1.29 is 4.79 Å². The van der Waals surface area contributed by atoms with Crippen molar-refractivity contribution in [2.75, 3.05) is 18.8 Å². The lowest BCUT2D eigenvalue weighted by molar-refractivity contribution is -0.129. The Balaban J connectivity index is 1.60. The molecule has 1 saturated heterocycles. The van der Waals surface area contributed by atoms with E-state index in [2.05, 4.69) is 33.8 Å². The van der Waals surface area contributed by atoms with Gasteiger partial charge in [0.2, 0.25) is 5.91 Å². The molecule has 0 bridgehead atoms. The minimum atomic E-state index is 0.207. The summed E-state index contributed by atoms with van der Waals surface area (Å²) in [5, 5.41) is 9.24. The van der Waals surface area contributed by atoms with E-state index in [1.165, 1.54) is 17.3 Å². The number of piperidine rings is 1. The molecule has 0 aliphatic carbocycles. The van der Waals surface area contributed by atoms with Gasteiger partial charge in [-0.3, -0.25) is 4.79 Å². The summed E-state index contributed by atoms with van der Waals surface area (Å²) in [5.74, 6) is 2.25. The summed E-state index contributed by atoms with van der Waals surface area (Å²) in [6.07, 6.45) is 2.22. The number of aromatic nitrogens is 3. The quantitative estimate of drug-likeness (QED) is 0.783. The van der Waals surface area contributed by atoms with Gasteiger partial charge >= 0.3 is 0 Å². The minimum Gasteiger partial charge on any atom is -0.342 e. The summed E-state index contributed by atoms with van der Waals surface area (Å²) in [6, 6.07) is 10.3. The molecule has 0 spiro atoms. The first-order valence-electron chi connectivity index (χ1n) is 8.48. The van der Waals surface area contributed by atoms with Gasteiger partial charge in [-0.15, -0.1) is 10.2 Å². The van der Waals surface area contributed by atoms with Crippen LogP contribution in [0.5, 0.6) is 0 Å². The number of carbonyl (C=O) groups is 1. The average Bonchev–Trinajstić information content (AvgIpc) is 2.94. The monoisotopic (exact) mass is 344 g/mol. The lowest BCUT2D eigenvalue weighted by Crippen LogP contribution is -2.38. The summed E-state index contributed by atoms with van der Waals surface area (Å²) in [6.45, 7) is 6.71. The number of hydrogen-bond acceptors (Lipinski definition) is 4. The predicted octanol–water partition coefficient (Wildman–Crippen LogP) is 2.99. The highest BCUT2D eigenvalue weighted by atomic mass is 32.2. The molecule has 128 valence electrons. The van der Waals surface area contributed by atoms with E-state index < -0.39 is 0 Å². The highest BCUT2D eigenvalue weighted by Gasteiger charge is 2.21. The molecule has 24 heavy (non-hydrogen) atoms. The van der Waals surface area contributed by atoms with Crippen molar-refractivity contribution in [1.82, 2.24) is 19.7 Å². The lowest BCUT2D eigenvalue weighted by Gasteiger charge is -2.30. The number of amides is 1. The maximum Gasteiger partial charge on any atom is 0.233 e. The highest BCUT2D eigenvalue weighted by Crippen LogP contribution is 2.21. The number of rotatable bonds is 5. The second kappa shape index (κ2) is 7.83. The van der Waals surface area contributed by atoms with Gasteiger partial charge in [0.05, 0.1) is 12.3 Å². The van der Waals surface area contributed by atoms with Crippen LogP contribution in [0.2, 0.25) is 0 Å². The molecule has 0 saturated carbocycles. The van der Waals surface area contributed by atoms with Crippen LogP contribution in [0.15, 0.2) is 35.5 Å². The number of likely N-dealkylation sites (tertiary alicyclic amines) is 1. The van der Waals surface area contributed by atoms with Crippen molar-refractivity contribution in [3.8, 4) is 0 Å². The number of thioether (sulfide) groups is 1. The molecular weight excluding hydrogens is 320 g/mol. The van der Waals surface area contributed by atoms with Crippen molar-refractivity contribution in [3.63, 3.8) is 0 Å². The van der Waals surface area contributed by atoms with Crippen LogP contribution in [0.4, 0.5) is 0 Å². The standard InChI is InChI=1S/C18H24N4OS/c1-14-8-10-21(11-9-14)17(23)13-24-18-20-19-15(2)22(18)12-16-6-4-3-5-7-16/h3-7,14H,8-13H2,1-2H3. The summed E-state index contributed by atoms with van der Waals surface area (Å²) in [5.41, 5.74) is 1.21. The Hall–Kier alpha value is -1.82. The molecular formula is C18H24N4OS. The second-order valence-electron chi connectivity index (χ2n) is 6.45. The van der Waals surface area contributed by atoms with Gasteiger partial charge in [-0.05, 0) is 31.2 Å². The molecule has 6 heteroatoms. The second-order valence-corrected chi connectivity index (χ2v) is 7.40. The van der Waals surface area contributed by atoms with E-state index >= 15 is 0 Å². The third-order valence-electron chi connectivity index (χ3n) is 4.55. The summed E-state index contributed by atoms with van der Waals surface area (Å²) >= 11 is 1.49. The van der Waals surface area contributed by atoms with Crippen molar-refractivity contribution in [1.29, 1.82) is 0 Å². The molecule has 2 aromatic rings. The molecule has 0 radical (unpaired) electrons. The Labute approximate surface area is 147 Å². The SMILES string of the molecule is Cc1nnc(SCC(=O)N2CCC(C)CC2)n1Cc1ccccc1. The fraction of sp³-hybridized carbons (Fsp3) is 0.500. The molecule has 1 fully saturated rings. The van der Waals surface area contributed by atoms with Gasteiger partial charge < -0.3 is 9.47 Å². The third kappa shape index (κ3) is 4.17. The molecule has 5 nitrogen and oxygen atoms in total. The van der Waals surface area contributed by atoms with Crippen LogP contribution in [0.25, 0.3) is 0 Å². The zero-order valence-corrected chi connectivity index (χ0v) is 15.1. The zero-order chi connectivity index (χ0) is 16.9. The molecule has 1 aliphatic rings. The maximum absolute atomic E-state index is 12.4. The van der Waals surface area contributed by atoms with Crippen molar-refractivity contribution in [2.45, 2.75) is 38.4 Å². The maximum atomic E-state index is 12.4. The molecule has 3 rings (SSSR count). The van der Waals surface area contributed by atoms with E-state index in [4.69, 9.17) is 0 Å². The largest absolute Gasteiger partial charge is 0.342 e. The van der Waals surface area contributed by atoms with Crippen molar-refractivity contribution >= 4 is 17.7 Å². The average molecular weight is 344 g/mol. The smallest absolute Gasteiger partial charge is 0.233 e. The van der Waals surface area contributed by atoms with E-state index in [1.54, 1.807) is 0 Å². The Morgan fingerprint density at radius 2 is 1.92 bits per heavy atom. The van der Waals surface area contributed by atoms with E-state index in [0.29, 0.717) is 5.75 Å². The molecule has 1 aromatic carbocycles. The number of nitrogens with zero attached hydrogens (tertiary/aromatic N) is 4. The molecule has 0 unspecified atom stereocenters. The first-order chi connectivity index (χ1) is 11.6. The first kappa shape index (κ1) is 17.0. The molecule has 2 heterocycles. The molecule has 1 aromatic heterocycles. The molecule has 0 atom stereocenters. The van der Waals surface area contributed by atoms with Gasteiger partial charge in [-0.1, -0.05) is 49.0 Å². The van der Waals surface area contributed by atoms with Crippen LogP contribution in [0.3, 0.4) is 0 Å². The van der Waals surface area contributed by atoms with E-state index in [-0.39, 0.29) is 5.91 Å². The van der Waals surface area contributed by atoms with Gasteiger partial charge in [-0.25, -0.2) is 0 Å². The van der Waals surface area contributed by atoms with Crippen molar-refractivity contribution in [2.24, 2.45) is 5.92 Å². The third-order valence-corrected chi connectivity index (χ3v) is 5.50. The van der Waals surface area contributed by atoms with Crippen LogP contribution < -0.4 is 0 Å². The van der Waals surface area contributed by atoms with Gasteiger partial charge in [0.25, 0.3) is 0 Å². The van der Waals surface area contributed by atoms with Gasteiger partial charge in [0, 0.05) is 13.1 Å². The molecule has 0 N–H and O–H groups in total. The summed E-state index contributed by atoms with van der Waals surface area (Å²) < 4.78 is 2.07. The number of aryl methyl sites for hydroxylation is 1. The fourth-order valence-electron chi connectivity index (χ4n) is 2.89. The minimum absolute atomic E-state index is 0.207. The lowest BCUT2D eigenvalue weighted by atomic mass is 9.99. The summed E-state index contributed by atoms with van der Waals surface area (Å²) in [7, 11) is 0. The number of benzene rings is 1. The Morgan fingerprint density at radius 3 is 2.62 bits per heavy atom. The Morgan fingerprint density at radius 1 is 1.21 bits per heavy atom. The van der Waals surface area contributed by atoms with Crippen LogP contribution >= 0.6 is 11.8 Å². The number of carbonyl (C=O) groups excluding carboxylic acids is 1. The summed E-state index contributed by atoms with van der Waals surface area (Å²) in [4.78, 5) is 14.4. The predicted molar refractivity (Wildman–Crippen MR) is 96.0 cm³/mol. The number of hydrogen-bond donors (Lipinski definition) is 0. The molecule has 1 aliphatic heterocycles. The molecule has 1 amide bonds. The van der Waals surface area contributed by atoms with Crippen LogP contribution in [0, 0.1) is 12.8 Å². The Kier molecular flexibility index (Phi) is 5.56. The van der Waals surface area contributed by atoms with Crippen LogP contribution in [0.1, 0.15) is 31.2 Å². The van der Waals surface area contributed by atoms with Gasteiger partial charge in [0.15, 0.2) is 5.16 Å². The first-order valence-corrected chi connectivity index (χ1v) is 9.46. The van der Waals surface area contributed by atoms with Crippen molar-refractivity contribution in [3.05, 3.63) is 41.7 Å². The normalized spacial score (nSPS) is 15.7. The van der Waals surface area contributed by atoms with E-state index in [9.17, 15) is 4.79 Å². The van der Waals surface area contributed by atoms with Crippen LogP contribution in [-0.4, -0.2) is 44.4 Å². The van der Waals surface area contributed by atoms with E-state index in [1.807, 2.05) is 30.0 Å². The van der Waals surface area contributed by atoms with Crippen LogP contribution in [-0.2, 0) is 11.3 Å². The van der Waals surface area contributed by atoms with Gasteiger partial charge in [0.1, 0.15) is 5.82 Å². The Bertz CT molecular complexity index is 678. The zero-order valence-electron chi connectivity index (χ0n) is 14.3. The van der Waals surface area contributed by atoms with E-state index in [0.717, 1.165) is 49.4 Å².